The van der Waals surface area contributed by atoms with E-state index in [1.54, 1.807) is 6.92 Å². The Labute approximate surface area is 128 Å². The Kier molecular flexibility index (Phi) is 4.18. The normalized spacial score (nSPS) is 23.4. The number of piperazine rings is 1. The van der Waals surface area contributed by atoms with Gasteiger partial charge in [0.1, 0.15) is 5.84 Å². The Bertz CT molecular complexity index is 497. The average Bonchev–Trinajstić information content (AvgIpc) is 2.34. The van der Waals surface area contributed by atoms with Crippen molar-refractivity contribution < 1.29 is 4.79 Å². The van der Waals surface area contributed by atoms with Crippen LogP contribution in [0.25, 0.3) is 0 Å². The van der Waals surface area contributed by atoms with Gasteiger partial charge in [0.05, 0.1) is 12.6 Å². The van der Waals surface area contributed by atoms with Crippen molar-refractivity contribution in [1.82, 2.24) is 9.80 Å². The second-order valence-corrected chi connectivity index (χ2v) is 7.52. The van der Waals surface area contributed by atoms with Crippen LogP contribution in [-0.4, -0.2) is 47.2 Å². The van der Waals surface area contributed by atoms with Gasteiger partial charge in [-0.1, -0.05) is 34.6 Å². The van der Waals surface area contributed by atoms with E-state index in [0.29, 0.717) is 5.92 Å². The number of hydrogen-bond donors (Lipinski definition) is 0. The molecule has 0 N–H and O–H groups in total. The largest absolute Gasteiger partial charge is 0.335 e. The Morgan fingerprint density at radius 3 is 2.38 bits per heavy atom. The number of amides is 1. The van der Waals surface area contributed by atoms with Crippen LogP contribution in [0.2, 0.25) is 0 Å². The van der Waals surface area contributed by atoms with Crippen LogP contribution in [0.4, 0.5) is 0 Å². The van der Waals surface area contributed by atoms with Crippen molar-refractivity contribution in [2.45, 2.75) is 54.5 Å². The highest BCUT2D eigenvalue weighted by molar-refractivity contribution is 5.88. The molecule has 0 bridgehead atoms. The maximum absolute atomic E-state index is 11.8. The standard InChI is InChI=1S/C17H29N3O/c1-11(2)16-18-12(3)15(17(5,6)7)14-10-19(13(4)21)8-9-20(14)16/h11-12H,8-10H2,1-7H3/t12-/m0/s1. The predicted octanol–water partition coefficient (Wildman–Crippen LogP) is 2.91. The highest BCUT2D eigenvalue weighted by Crippen LogP contribution is 2.38. The lowest BCUT2D eigenvalue weighted by atomic mass is 9.79. The van der Waals surface area contributed by atoms with Gasteiger partial charge in [0.2, 0.25) is 5.91 Å². The molecule has 2 aliphatic rings. The molecule has 0 saturated carbocycles. The summed E-state index contributed by atoms with van der Waals surface area (Å²) in [5.41, 5.74) is 2.74. The van der Waals surface area contributed by atoms with Crippen molar-refractivity contribution in [2.75, 3.05) is 19.6 Å². The summed E-state index contributed by atoms with van der Waals surface area (Å²) < 4.78 is 0. The molecule has 2 heterocycles. The number of rotatable bonds is 1. The van der Waals surface area contributed by atoms with E-state index >= 15 is 0 Å². The third-order valence-corrected chi connectivity index (χ3v) is 4.36. The first-order valence-corrected chi connectivity index (χ1v) is 7.97. The van der Waals surface area contributed by atoms with E-state index < -0.39 is 0 Å². The summed E-state index contributed by atoms with van der Waals surface area (Å²) in [6, 6.07) is 0.195. The Morgan fingerprint density at radius 1 is 1.29 bits per heavy atom. The van der Waals surface area contributed by atoms with Crippen LogP contribution in [0.15, 0.2) is 16.3 Å². The molecule has 0 aromatic carbocycles. The third-order valence-electron chi connectivity index (χ3n) is 4.36. The summed E-state index contributed by atoms with van der Waals surface area (Å²) >= 11 is 0. The Hall–Kier alpha value is -1.32. The molecular weight excluding hydrogens is 262 g/mol. The monoisotopic (exact) mass is 291 g/mol. The molecule has 1 fully saturated rings. The van der Waals surface area contributed by atoms with E-state index in [4.69, 9.17) is 4.99 Å². The summed E-state index contributed by atoms with van der Waals surface area (Å²) in [7, 11) is 0. The van der Waals surface area contributed by atoms with Gasteiger partial charge < -0.3 is 9.80 Å². The van der Waals surface area contributed by atoms with Crippen LogP contribution in [0, 0.1) is 11.3 Å². The van der Waals surface area contributed by atoms with Gasteiger partial charge in [0.25, 0.3) is 0 Å². The smallest absolute Gasteiger partial charge is 0.219 e. The van der Waals surface area contributed by atoms with Crippen molar-refractivity contribution in [2.24, 2.45) is 16.3 Å². The number of amidine groups is 1. The van der Waals surface area contributed by atoms with E-state index in [1.165, 1.54) is 17.1 Å². The zero-order valence-electron chi connectivity index (χ0n) is 14.5. The third kappa shape index (κ3) is 2.99. The van der Waals surface area contributed by atoms with E-state index in [0.717, 1.165) is 19.6 Å². The van der Waals surface area contributed by atoms with Gasteiger partial charge in [-0.2, -0.15) is 0 Å². The number of nitrogens with zero attached hydrogens (tertiary/aromatic N) is 3. The molecule has 0 unspecified atom stereocenters. The molecule has 4 heteroatoms. The van der Waals surface area contributed by atoms with Crippen molar-refractivity contribution in [3.05, 3.63) is 11.3 Å². The highest BCUT2D eigenvalue weighted by Gasteiger charge is 2.37. The fraction of sp³-hybridized carbons (Fsp3) is 0.765. The lowest BCUT2D eigenvalue weighted by Gasteiger charge is -2.46. The van der Waals surface area contributed by atoms with E-state index in [1.807, 2.05) is 4.90 Å². The summed E-state index contributed by atoms with van der Waals surface area (Å²) in [4.78, 5) is 21.1. The van der Waals surface area contributed by atoms with Gasteiger partial charge in [-0.25, -0.2) is 0 Å². The number of fused-ring (bicyclic) bond motifs is 1. The van der Waals surface area contributed by atoms with E-state index in [-0.39, 0.29) is 17.4 Å². The summed E-state index contributed by atoms with van der Waals surface area (Å²) in [6.45, 7) is 17.3. The van der Waals surface area contributed by atoms with Gasteiger partial charge in [-0.15, -0.1) is 0 Å². The maximum Gasteiger partial charge on any atom is 0.219 e. The van der Waals surface area contributed by atoms with Crippen LogP contribution in [-0.2, 0) is 4.79 Å². The SMILES string of the molecule is CC(=O)N1CCN2C(C(C)C)=N[C@@H](C)C(C(C)(C)C)=C2C1. The van der Waals surface area contributed by atoms with Gasteiger partial charge in [0, 0.05) is 31.6 Å². The number of hydrogen-bond acceptors (Lipinski definition) is 3. The molecule has 1 amide bonds. The lowest BCUT2D eigenvalue weighted by Crippen LogP contribution is -2.53. The van der Waals surface area contributed by atoms with Crippen molar-refractivity contribution in [3.8, 4) is 0 Å². The number of carbonyl (C=O) groups excluding carboxylic acids is 1. The minimum absolute atomic E-state index is 0.0683. The molecule has 0 spiro atoms. The van der Waals surface area contributed by atoms with Crippen LogP contribution < -0.4 is 0 Å². The molecule has 2 rings (SSSR count). The minimum Gasteiger partial charge on any atom is -0.335 e. The second kappa shape index (κ2) is 5.47. The fourth-order valence-corrected chi connectivity index (χ4v) is 3.55. The number of aliphatic imine (C=N–C) groups is 1. The van der Waals surface area contributed by atoms with Gasteiger partial charge in [0.15, 0.2) is 0 Å². The Morgan fingerprint density at radius 2 is 1.90 bits per heavy atom. The molecule has 118 valence electrons. The topological polar surface area (TPSA) is 35.9 Å². The van der Waals surface area contributed by atoms with Crippen molar-refractivity contribution in [1.29, 1.82) is 0 Å². The molecule has 1 saturated heterocycles. The fourth-order valence-electron chi connectivity index (χ4n) is 3.55. The van der Waals surface area contributed by atoms with Gasteiger partial charge >= 0.3 is 0 Å². The second-order valence-electron chi connectivity index (χ2n) is 7.52. The molecule has 1 atom stereocenters. The molecule has 4 nitrogen and oxygen atoms in total. The first kappa shape index (κ1) is 16.1. The molecule has 0 aliphatic carbocycles. The quantitative estimate of drug-likeness (QED) is 0.744. The molecule has 21 heavy (non-hydrogen) atoms. The van der Waals surface area contributed by atoms with Crippen LogP contribution in [0.1, 0.15) is 48.5 Å². The van der Waals surface area contributed by atoms with E-state index in [2.05, 4.69) is 46.4 Å². The van der Waals surface area contributed by atoms with Gasteiger partial charge in [-0.3, -0.25) is 9.79 Å². The summed E-state index contributed by atoms with van der Waals surface area (Å²) in [5.74, 6) is 1.75. The van der Waals surface area contributed by atoms with E-state index in [9.17, 15) is 4.79 Å². The molecule has 2 aliphatic heterocycles. The number of carbonyl (C=O) groups is 1. The molecule has 0 aromatic rings. The van der Waals surface area contributed by atoms with Gasteiger partial charge in [-0.05, 0) is 17.9 Å². The average molecular weight is 291 g/mol. The lowest BCUT2D eigenvalue weighted by molar-refractivity contribution is -0.129. The summed E-state index contributed by atoms with van der Waals surface area (Å²) in [5, 5.41) is 0. The van der Waals surface area contributed by atoms with Crippen molar-refractivity contribution >= 4 is 11.7 Å². The molecule has 0 radical (unpaired) electrons. The first-order chi connectivity index (χ1) is 9.62. The van der Waals surface area contributed by atoms with Crippen LogP contribution in [0.3, 0.4) is 0 Å². The zero-order valence-corrected chi connectivity index (χ0v) is 14.5. The molecule has 0 aromatic heterocycles. The zero-order chi connectivity index (χ0) is 15.9. The maximum atomic E-state index is 11.8. The minimum atomic E-state index is 0.0683. The highest BCUT2D eigenvalue weighted by atomic mass is 16.2. The Balaban J connectivity index is 2.48. The van der Waals surface area contributed by atoms with Crippen LogP contribution >= 0.6 is 0 Å². The first-order valence-electron chi connectivity index (χ1n) is 7.97. The van der Waals surface area contributed by atoms with Crippen molar-refractivity contribution in [3.63, 3.8) is 0 Å². The summed E-state index contributed by atoms with van der Waals surface area (Å²) in [6.07, 6.45) is 0. The van der Waals surface area contributed by atoms with Crippen LogP contribution in [0.5, 0.6) is 0 Å². The molecular formula is C17H29N3O. The predicted molar refractivity (Wildman–Crippen MR) is 87.2 cm³/mol.